The van der Waals surface area contributed by atoms with Crippen LogP contribution in [0.4, 0.5) is 0 Å². The fourth-order valence-electron chi connectivity index (χ4n) is 2.90. The minimum atomic E-state index is -1.96. The third-order valence-corrected chi connectivity index (χ3v) is 10.9. The molecule has 3 atom stereocenters. The van der Waals surface area contributed by atoms with Crippen LogP contribution >= 0.6 is 11.8 Å². The summed E-state index contributed by atoms with van der Waals surface area (Å²) < 4.78 is 12.3. The predicted octanol–water partition coefficient (Wildman–Crippen LogP) is 3.37. The quantitative estimate of drug-likeness (QED) is 0.732. The van der Waals surface area contributed by atoms with Gasteiger partial charge in [0.25, 0.3) is 8.32 Å². The van der Waals surface area contributed by atoms with E-state index in [1.54, 1.807) is 0 Å². The van der Waals surface area contributed by atoms with Gasteiger partial charge in [0.05, 0.1) is 0 Å². The highest BCUT2D eigenvalue weighted by Crippen LogP contribution is 2.51. The van der Waals surface area contributed by atoms with Gasteiger partial charge >= 0.3 is 0 Å². The van der Waals surface area contributed by atoms with Crippen LogP contribution < -0.4 is 0 Å². The second-order valence-electron chi connectivity index (χ2n) is 7.74. The third kappa shape index (κ3) is 2.09. The lowest BCUT2D eigenvalue weighted by molar-refractivity contribution is -0.133. The fourth-order valence-corrected chi connectivity index (χ4v) is 5.44. The van der Waals surface area contributed by atoms with Crippen molar-refractivity contribution in [2.75, 3.05) is 11.5 Å². The molecule has 112 valence electrons. The Bertz CT molecular complexity index is 480. The van der Waals surface area contributed by atoms with Crippen LogP contribution in [0.15, 0.2) is 11.8 Å². The van der Waals surface area contributed by atoms with Gasteiger partial charge in [-0.1, -0.05) is 20.8 Å². The molecule has 5 heteroatoms. The first kappa shape index (κ1) is 14.7. The fraction of sp³-hybridized carbons (Fsp3) is 0.800. The van der Waals surface area contributed by atoms with Crippen molar-refractivity contribution in [2.24, 2.45) is 5.92 Å². The van der Waals surface area contributed by atoms with Gasteiger partial charge in [-0.05, 0) is 36.4 Å². The Balaban J connectivity index is 1.90. The summed E-state index contributed by atoms with van der Waals surface area (Å²) in [5.41, 5.74) is -0.221. The lowest BCUT2D eigenvalue weighted by atomic mass is 9.91. The summed E-state index contributed by atoms with van der Waals surface area (Å²) in [7, 11) is -1.96. The van der Waals surface area contributed by atoms with Gasteiger partial charge in [0.1, 0.15) is 17.5 Å². The van der Waals surface area contributed by atoms with Crippen LogP contribution in [0.1, 0.15) is 27.2 Å². The molecule has 3 aliphatic heterocycles. The number of rotatable bonds is 2. The highest BCUT2D eigenvalue weighted by Gasteiger charge is 2.57. The van der Waals surface area contributed by atoms with E-state index in [1.807, 2.05) is 17.8 Å². The Kier molecular flexibility index (Phi) is 3.20. The Labute approximate surface area is 126 Å². The zero-order valence-electron chi connectivity index (χ0n) is 13.0. The molecule has 1 spiro atoms. The molecule has 2 bridgehead atoms. The first-order valence-electron chi connectivity index (χ1n) is 7.36. The van der Waals surface area contributed by atoms with Crippen molar-refractivity contribution >= 4 is 25.9 Å². The number of thioether (sulfide) groups is 1. The van der Waals surface area contributed by atoms with Gasteiger partial charge in [-0.3, -0.25) is 4.79 Å². The molecule has 0 saturated carbocycles. The summed E-state index contributed by atoms with van der Waals surface area (Å²) >= 11 is 1.93. The maximum absolute atomic E-state index is 12.5. The van der Waals surface area contributed by atoms with Gasteiger partial charge in [0.2, 0.25) is 5.78 Å². The van der Waals surface area contributed by atoms with Crippen LogP contribution in [0.25, 0.3) is 0 Å². The Morgan fingerprint density at radius 1 is 1.45 bits per heavy atom. The van der Waals surface area contributed by atoms with Crippen LogP contribution in [-0.4, -0.2) is 37.3 Å². The van der Waals surface area contributed by atoms with Gasteiger partial charge in [-0.25, -0.2) is 0 Å². The van der Waals surface area contributed by atoms with Crippen molar-refractivity contribution < 1.29 is 14.0 Å². The maximum atomic E-state index is 12.5. The molecule has 0 aromatic carbocycles. The first-order chi connectivity index (χ1) is 9.15. The standard InChI is InChI=1S/C15H24O3SSi/c1-14(2,3)20(4,5)18-12-7-15-9-19-8-10(15)6-11(17-15)13(12)16/h7,10-11H,6,8-9H2,1-5H3/t10-,11-,15+/m1/s1. The SMILES string of the molecule is CC(C)(C)[Si](C)(C)OC1=C[C@]23CSC[C@H]2C[C@@H](O3)C1=O. The average molecular weight is 313 g/mol. The van der Waals surface area contributed by atoms with Gasteiger partial charge < -0.3 is 9.16 Å². The van der Waals surface area contributed by atoms with Crippen LogP contribution in [0.5, 0.6) is 0 Å². The van der Waals surface area contributed by atoms with Crippen molar-refractivity contribution in [1.29, 1.82) is 0 Å². The van der Waals surface area contributed by atoms with Crippen LogP contribution in [0.2, 0.25) is 18.1 Å². The molecule has 0 aromatic heterocycles. The highest BCUT2D eigenvalue weighted by molar-refractivity contribution is 7.99. The number of hydrogen-bond acceptors (Lipinski definition) is 4. The van der Waals surface area contributed by atoms with E-state index in [4.69, 9.17) is 9.16 Å². The molecule has 3 nitrogen and oxygen atoms in total. The number of ether oxygens (including phenoxy) is 1. The monoisotopic (exact) mass is 312 g/mol. The third-order valence-electron chi connectivity index (χ3n) is 5.28. The number of carbonyl (C=O) groups excluding carboxylic acids is 1. The van der Waals surface area contributed by atoms with Crippen molar-refractivity contribution in [3.63, 3.8) is 0 Å². The van der Waals surface area contributed by atoms with E-state index in [1.165, 1.54) is 0 Å². The lowest BCUT2D eigenvalue weighted by Crippen LogP contribution is -2.45. The van der Waals surface area contributed by atoms with E-state index >= 15 is 0 Å². The van der Waals surface area contributed by atoms with Gasteiger partial charge in [0.15, 0.2) is 0 Å². The summed E-state index contributed by atoms with van der Waals surface area (Å²) in [5.74, 6) is 3.22. The predicted molar refractivity (Wildman–Crippen MR) is 84.4 cm³/mol. The molecule has 0 radical (unpaired) electrons. The van der Waals surface area contributed by atoms with Crippen molar-refractivity contribution in [3.05, 3.63) is 11.8 Å². The topological polar surface area (TPSA) is 35.5 Å². The summed E-state index contributed by atoms with van der Waals surface area (Å²) in [5, 5.41) is 0.104. The normalized spacial score (nSPS) is 36.9. The zero-order valence-corrected chi connectivity index (χ0v) is 14.8. The molecule has 0 aliphatic carbocycles. The van der Waals surface area contributed by atoms with Crippen molar-refractivity contribution in [1.82, 2.24) is 0 Å². The summed E-state index contributed by atoms with van der Waals surface area (Å²) in [6, 6.07) is 0. The molecular formula is C15H24O3SSi. The van der Waals surface area contributed by atoms with E-state index in [0.717, 1.165) is 17.9 Å². The molecule has 2 saturated heterocycles. The minimum Gasteiger partial charge on any atom is -0.541 e. The second kappa shape index (κ2) is 4.37. The molecular weight excluding hydrogens is 288 g/mol. The molecule has 2 fully saturated rings. The maximum Gasteiger partial charge on any atom is 0.250 e. The zero-order chi connectivity index (χ0) is 14.8. The Morgan fingerprint density at radius 2 is 2.15 bits per heavy atom. The van der Waals surface area contributed by atoms with Gasteiger partial charge in [0, 0.05) is 11.7 Å². The van der Waals surface area contributed by atoms with Crippen molar-refractivity contribution in [2.45, 2.75) is 57.0 Å². The molecule has 0 amide bonds. The van der Waals surface area contributed by atoms with Crippen molar-refractivity contribution in [3.8, 4) is 0 Å². The highest BCUT2D eigenvalue weighted by atomic mass is 32.2. The van der Waals surface area contributed by atoms with Crippen LogP contribution in [0, 0.1) is 5.92 Å². The largest absolute Gasteiger partial charge is 0.541 e. The summed E-state index contributed by atoms with van der Waals surface area (Å²) in [6.07, 6.45) is 2.63. The number of hydrogen-bond donors (Lipinski definition) is 0. The number of fused-ring (bicyclic) bond motifs is 1. The average Bonchev–Trinajstić information content (AvgIpc) is 2.78. The van der Waals surface area contributed by atoms with Gasteiger partial charge in [-0.15, -0.1) is 0 Å². The smallest absolute Gasteiger partial charge is 0.250 e. The summed E-state index contributed by atoms with van der Waals surface area (Å²) in [6.45, 7) is 11.0. The molecule has 0 N–H and O–H groups in total. The second-order valence-corrected chi connectivity index (χ2v) is 13.5. The number of Topliss-reactive ketones (excluding diaryl/α,β-unsaturated/α-hetero) is 1. The molecule has 3 aliphatic rings. The lowest BCUT2D eigenvalue weighted by Gasteiger charge is -2.39. The van der Waals surface area contributed by atoms with E-state index < -0.39 is 8.32 Å². The molecule has 20 heavy (non-hydrogen) atoms. The summed E-state index contributed by atoms with van der Waals surface area (Å²) in [4.78, 5) is 12.5. The van der Waals surface area contributed by atoms with Crippen LogP contribution in [-0.2, 0) is 14.0 Å². The van der Waals surface area contributed by atoms with E-state index in [-0.39, 0.29) is 22.5 Å². The number of carbonyl (C=O) groups is 1. The first-order valence-corrected chi connectivity index (χ1v) is 11.4. The van der Waals surface area contributed by atoms with Gasteiger partial charge in [-0.2, -0.15) is 11.8 Å². The molecule has 0 aromatic rings. The van der Waals surface area contributed by atoms with E-state index in [0.29, 0.717) is 11.7 Å². The van der Waals surface area contributed by atoms with E-state index in [2.05, 4.69) is 33.9 Å². The molecule has 3 heterocycles. The Hall–Kier alpha value is -0.263. The molecule has 3 rings (SSSR count). The Morgan fingerprint density at radius 3 is 2.80 bits per heavy atom. The minimum absolute atomic E-state index is 0.0693. The van der Waals surface area contributed by atoms with Crippen LogP contribution in [0.3, 0.4) is 0 Å². The number of ketones is 1. The molecule has 0 unspecified atom stereocenters. The van der Waals surface area contributed by atoms with E-state index in [9.17, 15) is 4.79 Å².